The minimum Gasteiger partial charge on any atom is -0.480 e. The zero-order valence-electron chi connectivity index (χ0n) is 11.1. The van der Waals surface area contributed by atoms with Crippen LogP contribution in [0.5, 0.6) is 0 Å². The molecule has 1 atom stereocenters. The van der Waals surface area contributed by atoms with Gasteiger partial charge in [0, 0.05) is 11.9 Å². The highest BCUT2D eigenvalue weighted by Crippen LogP contribution is 2.38. The smallest absolute Gasteiger partial charge is 0.326 e. The molecule has 1 N–H and O–H groups in total. The fraction of sp³-hybridized carbons (Fsp3) is 0.286. The van der Waals surface area contributed by atoms with E-state index in [2.05, 4.69) is 4.98 Å². The van der Waals surface area contributed by atoms with Gasteiger partial charge in [-0.2, -0.15) is 0 Å². The van der Waals surface area contributed by atoms with Crippen molar-refractivity contribution in [3.8, 4) is 0 Å². The van der Waals surface area contributed by atoms with Gasteiger partial charge in [0.25, 0.3) is 0 Å². The number of nitrogens with zero attached hydrogens (tertiary/aromatic N) is 3. The molecular formula is C14H13N3O4. The quantitative estimate of drug-likeness (QED) is 0.686. The molecule has 1 saturated heterocycles. The molecule has 108 valence electrons. The molecule has 2 aromatic rings. The van der Waals surface area contributed by atoms with Gasteiger partial charge in [0.15, 0.2) is 0 Å². The van der Waals surface area contributed by atoms with E-state index in [4.69, 9.17) is 0 Å². The number of carboxylic acids is 1. The fourth-order valence-electron chi connectivity index (χ4n) is 2.84. The lowest BCUT2D eigenvalue weighted by molar-refractivity contribution is -0.384. The Morgan fingerprint density at radius 3 is 2.90 bits per heavy atom. The minimum absolute atomic E-state index is 0.151. The van der Waals surface area contributed by atoms with Gasteiger partial charge in [-0.05, 0) is 18.9 Å². The summed E-state index contributed by atoms with van der Waals surface area (Å²) in [5.41, 5.74) is 0.825. The molecule has 0 bridgehead atoms. The molecule has 0 radical (unpaired) electrons. The first kappa shape index (κ1) is 13.3. The monoisotopic (exact) mass is 287 g/mol. The second-order valence-electron chi connectivity index (χ2n) is 4.96. The number of fused-ring (bicyclic) bond motifs is 1. The van der Waals surface area contributed by atoms with Crippen molar-refractivity contribution in [1.82, 2.24) is 4.98 Å². The molecule has 1 aliphatic heterocycles. The standard InChI is InChI=1S/C14H13N3O4/c18-14(19)11-6-3-7-16(11)13-9-4-1-2-5-10(9)15-8-12(13)17(20)21/h1-2,4-5,8,11H,3,6-7H2,(H,18,19). The predicted octanol–water partition coefficient (Wildman–Crippen LogP) is 2.20. The number of hydrogen-bond acceptors (Lipinski definition) is 5. The van der Waals surface area contributed by atoms with Gasteiger partial charge in [-0.15, -0.1) is 0 Å². The molecule has 3 rings (SSSR count). The lowest BCUT2D eigenvalue weighted by Gasteiger charge is -2.24. The highest BCUT2D eigenvalue weighted by molar-refractivity contribution is 5.98. The normalized spacial score (nSPS) is 18.1. The summed E-state index contributed by atoms with van der Waals surface area (Å²) >= 11 is 0. The third-order valence-corrected chi connectivity index (χ3v) is 3.75. The van der Waals surface area contributed by atoms with Crippen molar-refractivity contribution in [3.63, 3.8) is 0 Å². The summed E-state index contributed by atoms with van der Waals surface area (Å²) in [7, 11) is 0. The number of carbonyl (C=O) groups is 1. The molecule has 0 aliphatic carbocycles. The summed E-state index contributed by atoms with van der Waals surface area (Å²) in [6.45, 7) is 0.492. The van der Waals surface area contributed by atoms with Crippen molar-refractivity contribution in [2.24, 2.45) is 0 Å². The third-order valence-electron chi connectivity index (χ3n) is 3.75. The third kappa shape index (κ3) is 2.16. The Hall–Kier alpha value is -2.70. The number of aromatic nitrogens is 1. The van der Waals surface area contributed by atoms with Crippen LogP contribution in [0.3, 0.4) is 0 Å². The Bertz CT molecular complexity index is 731. The van der Waals surface area contributed by atoms with E-state index >= 15 is 0 Å². The van der Waals surface area contributed by atoms with E-state index in [-0.39, 0.29) is 5.69 Å². The molecule has 0 spiro atoms. The van der Waals surface area contributed by atoms with Crippen molar-refractivity contribution in [1.29, 1.82) is 0 Å². The number of hydrogen-bond donors (Lipinski definition) is 1. The number of pyridine rings is 1. The van der Waals surface area contributed by atoms with Crippen molar-refractivity contribution in [3.05, 3.63) is 40.6 Å². The lowest BCUT2D eigenvalue weighted by Crippen LogP contribution is -2.36. The van der Waals surface area contributed by atoms with Gasteiger partial charge in [-0.25, -0.2) is 9.78 Å². The van der Waals surface area contributed by atoms with E-state index in [1.807, 2.05) is 0 Å². The van der Waals surface area contributed by atoms with Gasteiger partial charge in [-0.3, -0.25) is 10.1 Å². The number of aliphatic carboxylic acids is 1. The Balaban J connectivity index is 2.25. The van der Waals surface area contributed by atoms with Gasteiger partial charge in [0.2, 0.25) is 0 Å². The summed E-state index contributed by atoms with van der Waals surface area (Å²) in [6, 6.07) is 6.33. The Morgan fingerprint density at radius 2 is 2.19 bits per heavy atom. The number of benzene rings is 1. The summed E-state index contributed by atoms with van der Waals surface area (Å²) < 4.78 is 0. The molecule has 1 aromatic carbocycles. The van der Waals surface area contributed by atoms with Crippen LogP contribution >= 0.6 is 0 Å². The number of rotatable bonds is 3. The van der Waals surface area contributed by atoms with Crippen LogP contribution in [0.1, 0.15) is 12.8 Å². The summed E-state index contributed by atoms with van der Waals surface area (Å²) in [5.74, 6) is -0.956. The van der Waals surface area contributed by atoms with Crippen molar-refractivity contribution in [2.45, 2.75) is 18.9 Å². The zero-order valence-corrected chi connectivity index (χ0v) is 11.1. The van der Waals surface area contributed by atoms with E-state index in [0.717, 1.165) is 0 Å². The molecule has 0 saturated carbocycles. The van der Waals surface area contributed by atoms with Crippen LogP contribution in [-0.4, -0.2) is 33.6 Å². The maximum absolute atomic E-state index is 11.4. The molecule has 1 unspecified atom stereocenters. The van der Waals surface area contributed by atoms with Gasteiger partial charge in [0.1, 0.15) is 17.9 Å². The molecule has 1 fully saturated rings. The van der Waals surface area contributed by atoms with Gasteiger partial charge in [0.05, 0.1) is 10.4 Å². The predicted molar refractivity (Wildman–Crippen MR) is 76.4 cm³/mol. The Labute approximate surface area is 120 Å². The zero-order chi connectivity index (χ0) is 15.0. The molecule has 1 aromatic heterocycles. The van der Waals surface area contributed by atoms with E-state index in [1.165, 1.54) is 6.20 Å². The Morgan fingerprint density at radius 1 is 1.43 bits per heavy atom. The summed E-state index contributed by atoms with van der Waals surface area (Å²) in [4.78, 5) is 27.9. The van der Waals surface area contributed by atoms with Crippen LogP contribution in [-0.2, 0) is 4.79 Å². The first-order valence-electron chi connectivity index (χ1n) is 6.61. The van der Waals surface area contributed by atoms with Crippen LogP contribution in [0, 0.1) is 10.1 Å². The van der Waals surface area contributed by atoms with E-state index in [1.54, 1.807) is 29.2 Å². The number of carboxylic acid groups (broad SMARTS) is 1. The minimum atomic E-state index is -0.956. The van der Waals surface area contributed by atoms with E-state index < -0.39 is 16.9 Å². The van der Waals surface area contributed by atoms with E-state index in [0.29, 0.717) is 36.0 Å². The Kier molecular flexibility index (Phi) is 3.17. The second-order valence-corrected chi connectivity index (χ2v) is 4.96. The molecule has 2 heterocycles. The molecule has 7 heteroatoms. The van der Waals surface area contributed by atoms with Gasteiger partial charge < -0.3 is 10.0 Å². The molecule has 7 nitrogen and oxygen atoms in total. The first-order valence-corrected chi connectivity index (χ1v) is 6.61. The highest BCUT2D eigenvalue weighted by Gasteiger charge is 2.35. The lowest BCUT2D eigenvalue weighted by atomic mass is 10.1. The second kappa shape index (κ2) is 5.01. The van der Waals surface area contributed by atoms with Crippen LogP contribution in [0.2, 0.25) is 0 Å². The van der Waals surface area contributed by atoms with Crippen LogP contribution < -0.4 is 4.90 Å². The van der Waals surface area contributed by atoms with Crippen LogP contribution in [0.15, 0.2) is 30.5 Å². The number of para-hydroxylation sites is 1. The molecule has 0 amide bonds. The van der Waals surface area contributed by atoms with Gasteiger partial charge >= 0.3 is 11.7 Å². The SMILES string of the molecule is O=C(O)C1CCCN1c1c([N+](=O)[O-])cnc2ccccc12. The van der Waals surface area contributed by atoms with Gasteiger partial charge in [-0.1, -0.05) is 18.2 Å². The maximum Gasteiger partial charge on any atom is 0.326 e. The summed E-state index contributed by atoms with van der Waals surface area (Å²) in [5, 5.41) is 21.2. The fourth-order valence-corrected chi connectivity index (χ4v) is 2.84. The number of anilines is 1. The average Bonchev–Trinajstić information content (AvgIpc) is 2.95. The highest BCUT2D eigenvalue weighted by atomic mass is 16.6. The van der Waals surface area contributed by atoms with Crippen LogP contribution in [0.4, 0.5) is 11.4 Å². The van der Waals surface area contributed by atoms with Crippen molar-refractivity contribution < 1.29 is 14.8 Å². The number of nitro groups is 1. The maximum atomic E-state index is 11.4. The van der Waals surface area contributed by atoms with E-state index in [9.17, 15) is 20.0 Å². The van der Waals surface area contributed by atoms with Crippen LogP contribution in [0.25, 0.3) is 10.9 Å². The molecule has 21 heavy (non-hydrogen) atoms. The molecular weight excluding hydrogens is 274 g/mol. The van der Waals surface area contributed by atoms with Crippen molar-refractivity contribution >= 4 is 28.2 Å². The largest absolute Gasteiger partial charge is 0.480 e. The first-order chi connectivity index (χ1) is 10.1. The summed E-state index contributed by atoms with van der Waals surface area (Å²) in [6.07, 6.45) is 2.39. The molecule has 1 aliphatic rings. The van der Waals surface area contributed by atoms with Crippen molar-refractivity contribution in [2.75, 3.05) is 11.4 Å². The topological polar surface area (TPSA) is 96.6 Å². The average molecular weight is 287 g/mol.